The van der Waals surface area contributed by atoms with Gasteiger partial charge in [-0.05, 0) is 0 Å². The van der Waals surface area contributed by atoms with Crippen LogP contribution < -0.4 is 14.8 Å². The lowest BCUT2D eigenvalue weighted by Gasteiger charge is -2.12. The monoisotopic (exact) mass is 297 g/mol. The molecular formula is C13H16ClN3O3. The van der Waals surface area contributed by atoms with Crippen molar-refractivity contribution in [2.24, 2.45) is 0 Å². The van der Waals surface area contributed by atoms with Gasteiger partial charge in [0.2, 0.25) is 5.89 Å². The maximum absolute atomic E-state index is 6.05. The maximum Gasteiger partial charge on any atom is 0.245 e. The van der Waals surface area contributed by atoms with E-state index in [9.17, 15) is 0 Å². The van der Waals surface area contributed by atoms with Crippen LogP contribution in [0.25, 0.3) is 0 Å². The highest BCUT2D eigenvalue weighted by molar-refractivity contribution is 6.32. The van der Waals surface area contributed by atoms with Gasteiger partial charge in [0.1, 0.15) is 11.5 Å². The number of anilines is 1. The van der Waals surface area contributed by atoms with Crippen molar-refractivity contribution in [2.45, 2.75) is 19.9 Å². The Morgan fingerprint density at radius 1 is 1.25 bits per heavy atom. The molecule has 6 nitrogen and oxygen atoms in total. The number of benzene rings is 1. The van der Waals surface area contributed by atoms with E-state index < -0.39 is 0 Å². The fourth-order valence-corrected chi connectivity index (χ4v) is 1.91. The third-order valence-electron chi connectivity index (χ3n) is 2.73. The summed E-state index contributed by atoms with van der Waals surface area (Å²) >= 11 is 6.05. The second kappa shape index (κ2) is 6.47. The van der Waals surface area contributed by atoms with E-state index in [4.69, 9.17) is 25.6 Å². The highest BCUT2D eigenvalue weighted by atomic mass is 35.5. The van der Waals surface area contributed by atoms with Gasteiger partial charge in [0.25, 0.3) is 0 Å². The summed E-state index contributed by atoms with van der Waals surface area (Å²) in [6.07, 6.45) is 0.738. The van der Waals surface area contributed by atoms with Crippen LogP contribution >= 0.6 is 11.6 Å². The Bertz CT molecular complexity index is 586. The number of methoxy groups -OCH3 is 2. The Hall–Kier alpha value is -1.95. The van der Waals surface area contributed by atoms with Crippen molar-refractivity contribution in [2.75, 3.05) is 19.5 Å². The van der Waals surface area contributed by atoms with Crippen LogP contribution in [0.5, 0.6) is 11.5 Å². The molecule has 0 spiro atoms. The predicted octanol–water partition coefficient (Wildman–Crippen LogP) is 2.91. The molecule has 0 atom stereocenters. The Morgan fingerprint density at radius 3 is 2.60 bits per heavy atom. The molecule has 0 aliphatic rings. The SMILES string of the molecule is CCc1noc(CNc2cc(OC)c(Cl)cc2OC)n1. The first-order valence-electron chi connectivity index (χ1n) is 6.14. The molecule has 108 valence electrons. The third-order valence-corrected chi connectivity index (χ3v) is 3.03. The summed E-state index contributed by atoms with van der Waals surface area (Å²) in [7, 11) is 3.13. The number of hydrogen-bond acceptors (Lipinski definition) is 6. The van der Waals surface area contributed by atoms with Crippen molar-refractivity contribution < 1.29 is 14.0 Å². The molecule has 0 bridgehead atoms. The predicted molar refractivity (Wildman–Crippen MR) is 75.6 cm³/mol. The molecule has 0 aliphatic heterocycles. The van der Waals surface area contributed by atoms with Crippen LogP contribution in [0.1, 0.15) is 18.6 Å². The van der Waals surface area contributed by atoms with Crippen LogP contribution in [0.3, 0.4) is 0 Å². The van der Waals surface area contributed by atoms with E-state index in [0.717, 1.165) is 12.1 Å². The Morgan fingerprint density at radius 2 is 2.00 bits per heavy atom. The first-order chi connectivity index (χ1) is 9.67. The van der Waals surface area contributed by atoms with Gasteiger partial charge in [0, 0.05) is 18.6 Å². The molecule has 1 aromatic heterocycles. The molecule has 20 heavy (non-hydrogen) atoms. The Balaban J connectivity index is 2.15. The number of aryl methyl sites for hydroxylation is 1. The van der Waals surface area contributed by atoms with Crippen molar-refractivity contribution in [3.63, 3.8) is 0 Å². The molecule has 0 saturated carbocycles. The first kappa shape index (κ1) is 14.5. The van der Waals surface area contributed by atoms with Crippen molar-refractivity contribution >= 4 is 17.3 Å². The number of nitrogens with zero attached hydrogens (tertiary/aromatic N) is 2. The lowest BCUT2D eigenvalue weighted by atomic mass is 10.2. The minimum atomic E-state index is 0.397. The average Bonchev–Trinajstić information content (AvgIpc) is 2.93. The molecule has 0 amide bonds. The molecule has 1 aromatic carbocycles. The average molecular weight is 298 g/mol. The van der Waals surface area contributed by atoms with Crippen LogP contribution in [0.2, 0.25) is 5.02 Å². The number of aromatic nitrogens is 2. The molecule has 2 aromatic rings. The number of hydrogen-bond donors (Lipinski definition) is 1. The molecule has 0 fully saturated rings. The van der Waals surface area contributed by atoms with Gasteiger partial charge in [-0.2, -0.15) is 4.98 Å². The Labute approximate surface area is 122 Å². The zero-order valence-electron chi connectivity index (χ0n) is 11.6. The summed E-state index contributed by atoms with van der Waals surface area (Å²) in [6, 6.07) is 3.45. The molecule has 0 radical (unpaired) electrons. The van der Waals surface area contributed by atoms with Crippen LogP contribution in [0.15, 0.2) is 16.7 Å². The van der Waals surface area contributed by atoms with E-state index in [-0.39, 0.29) is 0 Å². The quantitative estimate of drug-likeness (QED) is 0.884. The molecule has 2 rings (SSSR count). The van der Waals surface area contributed by atoms with Crippen LogP contribution in [-0.2, 0) is 13.0 Å². The smallest absolute Gasteiger partial charge is 0.245 e. The molecule has 0 aliphatic carbocycles. The van der Waals surface area contributed by atoms with E-state index in [2.05, 4.69) is 15.5 Å². The van der Waals surface area contributed by atoms with Gasteiger partial charge >= 0.3 is 0 Å². The molecule has 1 N–H and O–H groups in total. The fraction of sp³-hybridized carbons (Fsp3) is 0.385. The van der Waals surface area contributed by atoms with Crippen LogP contribution in [-0.4, -0.2) is 24.4 Å². The minimum absolute atomic E-state index is 0.397. The van der Waals surface area contributed by atoms with E-state index in [1.165, 1.54) is 0 Å². The zero-order chi connectivity index (χ0) is 14.5. The second-order valence-corrected chi connectivity index (χ2v) is 4.41. The number of nitrogens with one attached hydrogen (secondary N) is 1. The van der Waals surface area contributed by atoms with Gasteiger partial charge in [-0.3, -0.25) is 0 Å². The second-order valence-electron chi connectivity index (χ2n) is 4.00. The van der Waals surface area contributed by atoms with E-state index in [1.807, 2.05) is 6.92 Å². The summed E-state index contributed by atoms with van der Waals surface area (Å²) in [6.45, 7) is 2.36. The molecule has 1 heterocycles. The Kier molecular flexibility index (Phi) is 4.68. The fourth-order valence-electron chi connectivity index (χ4n) is 1.67. The van der Waals surface area contributed by atoms with Gasteiger partial charge < -0.3 is 19.3 Å². The summed E-state index contributed by atoms with van der Waals surface area (Å²) in [5, 5.41) is 7.48. The van der Waals surface area contributed by atoms with Gasteiger partial charge in [-0.15, -0.1) is 0 Å². The number of halogens is 1. The molecular weight excluding hydrogens is 282 g/mol. The van der Waals surface area contributed by atoms with Crippen molar-refractivity contribution in [3.05, 3.63) is 28.9 Å². The maximum atomic E-state index is 6.05. The summed E-state index contributed by atoms with van der Waals surface area (Å²) in [4.78, 5) is 4.22. The highest BCUT2D eigenvalue weighted by Crippen LogP contribution is 2.35. The number of rotatable bonds is 6. The number of ether oxygens (including phenoxy) is 2. The third kappa shape index (κ3) is 3.14. The van der Waals surface area contributed by atoms with Crippen LogP contribution in [0.4, 0.5) is 5.69 Å². The highest BCUT2D eigenvalue weighted by Gasteiger charge is 2.11. The van der Waals surface area contributed by atoms with Crippen molar-refractivity contribution in [3.8, 4) is 11.5 Å². The standard InChI is InChI=1S/C13H16ClN3O3/c1-4-12-16-13(20-17-12)7-15-9-6-10(18-2)8(14)5-11(9)19-3/h5-6,15H,4,7H2,1-3H3. The lowest BCUT2D eigenvalue weighted by molar-refractivity contribution is 0.377. The normalized spacial score (nSPS) is 10.4. The van der Waals surface area contributed by atoms with Gasteiger partial charge in [-0.1, -0.05) is 23.7 Å². The lowest BCUT2D eigenvalue weighted by Crippen LogP contribution is -2.02. The van der Waals surface area contributed by atoms with Gasteiger partial charge in [-0.25, -0.2) is 0 Å². The van der Waals surface area contributed by atoms with E-state index >= 15 is 0 Å². The molecule has 0 saturated heterocycles. The van der Waals surface area contributed by atoms with E-state index in [0.29, 0.717) is 34.8 Å². The largest absolute Gasteiger partial charge is 0.495 e. The van der Waals surface area contributed by atoms with Crippen molar-refractivity contribution in [1.82, 2.24) is 10.1 Å². The van der Waals surface area contributed by atoms with Crippen molar-refractivity contribution in [1.29, 1.82) is 0 Å². The van der Waals surface area contributed by atoms with Crippen LogP contribution in [0, 0.1) is 0 Å². The van der Waals surface area contributed by atoms with Gasteiger partial charge in [0.15, 0.2) is 5.82 Å². The van der Waals surface area contributed by atoms with Gasteiger partial charge in [0.05, 0.1) is 31.5 Å². The zero-order valence-corrected chi connectivity index (χ0v) is 12.3. The summed E-state index contributed by atoms with van der Waals surface area (Å²) in [5.74, 6) is 2.38. The van der Waals surface area contributed by atoms with E-state index in [1.54, 1.807) is 26.4 Å². The minimum Gasteiger partial charge on any atom is -0.495 e. The molecule has 0 unspecified atom stereocenters. The summed E-state index contributed by atoms with van der Waals surface area (Å²) < 4.78 is 15.6. The summed E-state index contributed by atoms with van der Waals surface area (Å²) in [5.41, 5.74) is 0.741. The topological polar surface area (TPSA) is 69.4 Å². The first-order valence-corrected chi connectivity index (χ1v) is 6.52. The molecule has 7 heteroatoms.